The summed E-state index contributed by atoms with van der Waals surface area (Å²) < 4.78 is 30.7. The molecule has 0 rings (SSSR count). The average molecular weight is 316 g/mol. The predicted molar refractivity (Wildman–Crippen MR) is 52.7 cm³/mol. The number of hydrogen-bond acceptors (Lipinski definition) is 1. The second-order valence-corrected chi connectivity index (χ2v) is 2.67. The summed E-state index contributed by atoms with van der Waals surface area (Å²) in [5.74, 6) is 0. The molecule has 11 nitrogen and oxygen atoms in total. The molecule has 0 atom stereocenters. The Morgan fingerprint density at radius 1 is 0.571 bits per heavy atom. The molecule has 0 heterocycles. The third-order valence-corrected chi connectivity index (χ3v) is 0. The van der Waals surface area contributed by atoms with Crippen LogP contribution in [0.5, 0.6) is 0 Å². The van der Waals surface area contributed by atoms with Crippen LogP contribution in [0.4, 0.5) is 0 Å². The molecule has 0 unspecified atom stereocenters. The average Bonchev–Trinajstić information content (AvgIpc) is 0.722. The quantitative estimate of drug-likeness (QED) is 0.366. The van der Waals surface area contributed by atoms with Crippen LogP contribution in [0.2, 0.25) is 0 Å². The van der Waals surface area contributed by atoms with Gasteiger partial charge < -0.3 is 38.3 Å². The van der Waals surface area contributed by atoms with Crippen molar-refractivity contribution < 1.29 is 54.4 Å². The van der Waals surface area contributed by atoms with E-state index in [1.54, 1.807) is 0 Å². The van der Waals surface area contributed by atoms with E-state index in [9.17, 15) is 0 Å². The van der Waals surface area contributed by atoms with Crippen LogP contribution in [0.3, 0.4) is 0 Å². The molecule has 0 saturated heterocycles. The van der Waals surface area contributed by atoms with Gasteiger partial charge in [-0.2, -0.15) is 0 Å². The van der Waals surface area contributed by atoms with Gasteiger partial charge in [0.15, 0.2) is 0 Å². The zero-order valence-electron chi connectivity index (χ0n) is 5.70. The van der Waals surface area contributed by atoms with Gasteiger partial charge in [-0.25, -0.2) is 0 Å². The summed E-state index contributed by atoms with van der Waals surface area (Å²) in [4.78, 5) is 0. The zero-order chi connectivity index (χ0) is 4.50. The van der Waals surface area contributed by atoms with Crippen molar-refractivity contribution in [1.82, 2.24) is 0 Å². The molecule has 0 aliphatic heterocycles. The van der Waals surface area contributed by atoms with E-state index >= 15 is 0 Å². The third kappa shape index (κ3) is 611. The Morgan fingerprint density at radius 2 is 0.571 bits per heavy atom. The summed E-state index contributed by atoms with van der Waals surface area (Å²) >= 11 is -5.12. The Balaban J connectivity index is -0.00000000222. The van der Waals surface area contributed by atoms with Gasteiger partial charge in [-0.15, -0.1) is 0 Å². The Kier molecular flexibility index (Phi) is 331. The van der Waals surface area contributed by atoms with Crippen molar-refractivity contribution in [2.45, 2.75) is 0 Å². The van der Waals surface area contributed by atoms with Gasteiger partial charge in [-0.3, -0.25) is 0 Å². The molecule has 92 valence electrons. The molecule has 0 aliphatic rings. The molecular weight excluding hydrogens is 297 g/mol. The molecule has 0 saturated carbocycles. The van der Waals surface area contributed by atoms with E-state index in [0.717, 1.165) is 0 Å². The molecule has 0 fully saturated rings. The summed E-state index contributed by atoms with van der Waals surface area (Å²) in [5, 5.41) is 0. The third-order valence-electron chi connectivity index (χ3n) is 0. The Labute approximate surface area is 127 Å². The summed E-state index contributed by atoms with van der Waals surface area (Å²) in [7, 11) is 0. The van der Waals surface area contributed by atoms with Crippen molar-refractivity contribution in [3.8, 4) is 0 Å². The van der Waals surface area contributed by atoms with Gasteiger partial charge in [0, 0.05) is 0 Å². The van der Waals surface area contributed by atoms with Crippen LogP contribution < -0.4 is 0 Å². The summed E-state index contributed by atoms with van der Waals surface area (Å²) in [6.07, 6.45) is 0. The van der Waals surface area contributed by atoms with Gasteiger partial charge in [0.05, 0.1) is 0 Å². The van der Waals surface area contributed by atoms with E-state index in [1.165, 1.54) is 0 Å². The summed E-state index contributed by atoms with van der Waals surface area (Å²) in [6, 6.07) is 0. The van der Waals surface area contributed by atoms with Crippen molar-refractivity contribution in [3.63, 3.8) is 0 Å². The first-order valence-corrected chi connectivity index (χ1v) is 4.07. The van der Waals surface area contributed by atoms with Crippen molar-refractivity contribution >= 4 is 73.6 Å². The molecule has 14 heavy (non-hydrogen) atoms. The fraction of sp³-hybridized carbons (Fsp3) is 0. The minimum atomic E-state index is -5.12. The van der Waals surface area contributed by atoms with Crippen LogP contribution in [0.1, 0.15) is 0 Å². The van der Waals surface area contributed by atoms with E-state index in [2.05, 4.69) is 0 Å². The van der Waals surface area contributed by atoms with Gasteiger partial charge >= 0.3 is 89.7 Å². The van der Waals surface area contributed by atoms with Crippen LogP contribution in [-0.4, -0.2) is 124 Å². The van der Waals surface area contributed by atoms with Crippen molar-refractivity contribution in [2.75, 3.05) is 0 Å². The van der Waals surface area contributed by atoms with Crippen molar-refractivity contribution in [1.29, 1.82) is 0 Å². The van der Waals surface area contributed by atoms with Crippen LogP contribution >= 0.6 is 0 Å². The van der Waals surface area contributed by atoms with Crippen LogP contribution in [-0.2, 0) is 3.74 Å². The molecule has 0 radical (unpaired) electrons. The van der Waals surface area contributed by atoms with Gasteiger partial charge in [0.25, 0.3) is 0 Å². The Morgan fingerprint density at radius 3 is 0.571 bits per heavy atom. The topological polar surface area (TPSA) is 298 Å². The zero-order valence-corrected chi connectivity index (χ0v) is 7.57. The van der Waals surface area contributed by atoms with E-state index in [4.69, 9.17) is 16.0 Å². The first kappa shape index (κ1) is 101. The summed E-state index contributed by atoms with van der Waals surface area (Å²) in [5.41, 5.74) is 0. The van der Waals surface area contributed by atoms with Gasteiger partial charge in [0.2, 0.25) is 0 Å². The summed E-state index contributed by atoms with van der Waals surface area (Å²) in [6.45, 7) is 0. The minimum absolute atomic E-state index is 0. The first-order chi connectivity index (χ1) is 2.00. The standard InChI is InChI=1S/AsH3O4.2Na.7H2O.2H/c2-1(3,4)5;;;;;;;;;;;/h(H3,2,3,4,5);;;7*1H2;;. The fourth-order valence-corrected chi connectivity index (χ4v) is 0. The molecule has 17 N–H and O–H groups in total. The molecular formula is H19AsNa2O11. The Bertz CT molecular complexity index is 59.4. The molecule has 0 aromatic rings. The maximum atomic E-state index is 8.94. The fourth-order valence-electron chi connectivity index (χ4n) is 0. The predicted octanol–water partition coefficient (Wildman–Crippen LogP) is -9.24. The SMILES string of the molecule is O.O.O.O.O.O.O.O=[As](O)(O)O.[NaH].[NaH]. The van der Waals surface area contributed by atoms with Crippen molar-refractivity contribution in [3.05, 3.63) is 0 Å². The van der Waals surface area contributed by atoms with Crippen LogP contribution in [0.25, 0.3) is 0 Å². The second-order valence-electron chi connectivity index (χ2n) is 0.513. The molecule has 14 heteroatoms. The van der Waals surface area contributed by atoms with E-state index in [0.29, 0.717) is 0 Å². The first-order valence-electron chi connectivity index (χ1n) is 0.783. The van der Waals surface area contributed by atoms with E-state index in [-0.39, 0.29) is 97.4 Å². The molecule has 0 aromatic carbocycles. The van der Waals surface area contributed by atoms with Crippen molar-refractivity contribution in [2.24, 2.45) is 0 Å². The van der Waals surface area contributed by atoms with Crippen LogP contribution in [0, 0.1) is 0 Å². The van der Waals surface area contributed by atoms with Gasteiger partial charge in [-0.05, 0) is 0 Å². The molecule has 0 amide bonds. The molecule has 0 aliphatic carbocycles. The van der Waals surface area contributed by atoms with Crippen LogP contribution in [0.15, 0.2) is 0 Å². The van der Waals surface area contributed by atoms with Gasteiger partial charge in [0.1, 0.15) is 0 Å². The molecule has 0 aromatic heterocycles. The Hall–Kier alpha value is 1.96. The molecule has 0 bridgehead atoms. The van der Waals surface area contributed by atoms with E-state index in [1.807, 2.05) is 0 Å². The normalized spacial score (nSPS) is 4.21. The number of hydrogen-bond donors (Lipinski definition) is 3. The molecule has 0 spiro atoms. The number of rotatable bonds is 0. The van der Waals surface area contributed by atoms with Gasteiger partial charge in [-0.1, -0.05) is 0 Å². The second kappa shape index (κ2) is 46.0. The monoisotopic (exact) mass is 316 g/mol. The van der Waals surface area contributed by atoms with E-state index < -0.39 is 14.5 Å². The maximum absolute atomic E-state index is 8.94.